The molecule has 4 bridgehead atoms. The zero-order valence-corrected chi connectivity index (χ0v) is 18.2. The molecule has 0 spiro atoms. The number of nitrogens with zero attached hydrogens (tertiary/aromatic N) is 2. The Morgan fingerprint density at radius 3 is 1.44 bits per heavy atom. The first kappa shape index (κ1) is 20.8. The first-order valence-corrected chi connectivity index (χ1v) is 11.5. The zero-order chi connectivity index (χ0) is 23.7. The maximum Gasteiger partial charge on any atom is 0.444 e. The van der Waals surface area contributed by atoms with Crippen molar-refractivity contribution in [2.75, 3.05) is 0 Å². The van der Waals surface area contributed by atoms with Gasteiger partial charge in [0.25, 0.3) is 0 Å². The van der Waals surface area contributed by atoms with E-state index in [2.05, 4.69) is 0 Å². The van der Waals surface area contributed by atoms with Crippen LogP contribution in [0.15, 0.2) is 24.3 Å². The second kappa shape index (κ2) is 7.34. The van der Waals surface area contributed by atoms with Crippen molar-refractivity contribution in [1.29, 1.82) is 0 Å². The Labute approximate surface area is 193 Å². The molecule has 0 aromatic carbocycles. The summed E-state index contributed by atoms with van der Waals surface area (Å²) in [5, 5.41) is 41.4. The lowest BCUT2D eigenvalue weighted by Gasteiger charge is -2.13. The van der Waals surface area contributed by atoms with Crippen molar-refractivity contribution in [3.8, 4) is 23.5 Å². The van der Waals surface area contributed by atoms with Crippen LogP contribution in [0.25, 0.3) is 11.1 Å². The van der Waals surface area contributed by atoms with Crippen LogP contribution >= 0.6 is 0 Å². The van der Waals surface area contributed by atoms with E-state index in [1.165, 1.54) is 12.1 Å². The zero-order valence-electron chi connectivity index (χ0n) is 18.2. The average Bonchev–Trinajstić information content (AvgIpc) is 3.65. The molecule has 178 valence electrons. The quantitative estimate of drug-likeness (QED) is 0.501. The molecule has 0 saturated heterocycles. The predicted molar refractivity (Wildman–Crippen MR) is 116 cm³/mol. The summed E-state index contributed by atoms with van der Waals surface area (Å²) in [5.41, 5.74) is 2.45. The molecule has 2 aromatic rings. The number of carbonyl (C=O) groups excluding carboxylic acids is 2. The molecule has 2 aromatic heterocycles. The summed E-state index contributed by atoms with van der Waals surface area (Å²) in [7, 11) is 0. The standard InChI is InChI=1S/C24H24N2O8/c27-19-9-17(15-7-11-1-3-13(15)5-11)21(29)25(19)33-23(31)24(32)34-26-20(28)10-18(22(26)30)16-8-12-2-4-14(16)6-12/h7-14,27-30H,1-6H2. The third-order valence-corrected chi connectivity index (χ3v) is 7.62. The fourth-order valence-electron chi connectivity index (χ4n) is 6.09. The van der Waals surface area contributed by atoms with E-state index in [0.717, 1.165) is 49.7 Å². The van der Waals surface area contributed by atoms with Crippen LogP contribution in [0.5, 0.6) is 23.5 Å². The summed E-state index contributed by atoms with van der Waals surface area (Å²) in [6, 6.07) is 2.55. The van der Waals surface area contributed by atoms with Crippen LogP contribution in [0.2, 0.25) is 0 Å². The molecule has 2 heterocycles. The van der Waals surface area contributed by atoms with Crippen molar-refractivity contribution >= 4 is 23.1 Å². The van der Waals surface area contributed by atoms with Crippen molar-refractivity contribution in [1.82, 2.24) is 9.46 Å². The van der Waals surface area contributed by atoms with Gasteiger partial charge in [0.1, 0.15) is 0 Å². The molecule has 10 nitrogen and oxygen atoms in total. The summed E-state index contributed by atoms with van der Waals surface area (Å²) in [6.45, 7) is 0. The molecule has 4 aliphatic rings. The molecule has 2 saturated carbocycles. The SMILES string of the molecule is O=C(On1c(O)cc(C2=CC3CCC2C3)c1O)C(=O)On1c(O)cc(C2=CC3CCC2C3)c1O. The van der Waals surface area contributed by atoms with Crippen LogP contribution in [0.4, 0.5) is 0 Å². The summed E-state index contributed by atoms with van der Waals surface area (Å²) >= 11 is 0. The highest BCUT2D eigenvalue weighted by atomic mass is 16.8. The fourth-order valence-corrected chi connectivity index (χ4v) is 6.09. The van der Waals surface area contributed by atoms with Gasteiger partial charge < -0.3 is 30.1 Å². The van der Waals surface area contributed by atoms with Gasteiger partial charge >= 0.3 is 11.9 Å². The lowest BCUT2D eigenvalue weighted by Crippen LogP contribution is -2.34. The number of aromatic nitrogens is 2. The average molecular weight is 468 g/mol. The third kappa shape index (κ3) is 3.08. The first-order valence-electron chi connectivity index (χ1n) is 11.5. The van der Waals surface area contributed by atoms with Crippen molar-refractivity contribution in [2.24, 2.45) is 23.7 Å². The second-order valence-electron chi connectivity index (χ2n) is 9.61. The Bertz CT molecular complexity index is 1180. The van der Waals surface area contributed by atoms with Gasteiger partial charge in [0, 0.05) is 23.3 Å². The van der Waals surface area contributed by atoms with Crippen LogP contribution in [0, 0.1) is 23.7 Å². The van der Waals surface area contributed by atoms with E-state index in [1.807, 2.05) is 12.2 Å². The molecule has 0 aliphatic heterocycles. The van der Waals surface area contributed by atoms with E-state index in [1.54, 1.807) is 0 Å². The van der Waals surface area contributed by atoms with E-state index < -0.39 is 35.5 Å². The largest absolute Gasteiger partial charge is 0.492 e. The molecule has 4 unspecified atom stereocenters. The Hall–Kier alpha value is -3.82. The lowest BCUT2D eigenvalue weighted by molar-refractivity contribution is -0.169. The maximum atomic E-state index is 12.3. The molecule has 4 atom stereocenters. The number of fused-ring (bicyclic) bond motifs is 4. The first-order chi connectivity index (χ1) is 16.3. The molecule has 34 heavy (non-hydrogen) atoms. The number of rotatable bonds is 4. The van der Waals surface area contributed by atoms with Gasteiger partial charge in [-0.05, 0) is 73.3 Å². The Morgan fingerprint density at radius 2 is 1.12 bits per heavy atom. The van der Waals surface area contributed by atoms with Crippen LogP contribution in [0.1, 0.15) is 49.7 Å². The molecule has 0 radical (unpaired) electrons. The minimum atomic E-state index is -1.57. The van der Waals surface area contributed by atoms with Gasteiger partial charge in [-0.2, -0.15) is 0 Å². The van der Waals surface area contributed by atoms with Crippen LogP contribution in [-0.4, -0.2) is 41.8 Å². The van der Waals surface area contributed by atoms with Crippen LogP contribution in [-0.2, 0) is 9.59 Å². The molecular weight excluding hydrogens is 444 g/mol. The molecule has 10 heteroatoms. The van der Waals surface area contributed by atoms with Gasteiger partial charge in [0.2, 0.25) is 23.5 Å². The highest BCUT2D eigenvalue weighted by molar-refractivity contribution is 6.30. The maximum absolute atomic E-state index is 12.3. The lowest BCUT2D eigenvalue weighted by atomic mass is 9.94. The predicted octanol–water partition coefficient (Wildman–Crippen LogP) is 2.35. The highest BCUT2D eigenvalue weighted by Gasteiger charge is 2.38. The van der Waals surface area contributed by atoms with Crippen LogP contribution < -0.4 is 9.68 Å². The van der Waals surface area contributed by atoms with Crippen molar-refractivity contribution < 1.29 is 39.7 Å². The van der Waals surface area contributed by atoms with Gasteiger partial charge in [-0.3, -0.25) is 0 Å². The van der Waals surface area contributed by atoms with E-state index in [0.29, 0.717) is 32.4 Å². The molecular formula is C24H24N2O8. The van der Waals surface area contributed by atoms with Gasteiger partial charge in [-0.15, -0.1) is 9.46 Å². The number of allylic oxidation sites excluding steroid dienone is 4. The topological polar surface area (TPSA) is 143 Å². The van der Waals surface area contributed by atoms with Gasteiger partial charge in [0.05, 0.1) is 0 Å². The Balaban J connectivity index is 1.19. The van der Waals surface area contributed by atoms with Crippen molar-refractivity contribution in [2.45, 2.75) is 38.5 Å². The minimum Gasteiger partial charge on any atom is -0.492 e. The van der Waals surface area contributed by atoms with Gasteiger partial charge in [-0.25, -0.2) is 9.59 Å². The van der Waals surface area contributed by atoms with Crippen LogP contribution in [0.3, 0.4) is 0 Å². The summed E-state index contributed by atoms with van der Waals surface area (Å²) in [5.74, 6) is -3.86. The van der Waals surface area contributed by atoms with Gasteiger partial charge in [0.15, 0.2) is 0 Å². The molecule has 2 fully saturated rings. The molecule has 6 rings (SSSR count). The Morgan fingerprint density at radius 1 is 0.706 bits per heavy atom. The van der Waals surface area contributed by atoms with E-state index in [-0.39, 0.29) is 11.8 Å². The fraction of sp³-hybridized carbons (Fsp3) is 0.417. The molecule has 4 aliphatic carbocycles. The van der Waals surface area contributed by atoms with E-state index in [4.69, 9.17) is 9.68 Å². The third-order valence-electron chi connectivity index (χ3n) is 7.62. The normalized spacial score (nSPS) is 26.6. The molecule has 4 N–H and O–H groups in total. The summed E-state index contributed by atoms with van der Waals surface area (Å²) in [6.07, 6.45) is 10.2. The van der Waals surface area contributed by atoms with E-state index in [9.17, 15) is 30.0 Å². The minimum absolute atomic E-state index is 0.269. The summed E-state index contributed by atoms with van der Waals surface area (Å²) in [4.78, 5) is 34.3. The number of hydrogen-bond donors (Lipinski definition) is 4. The monoisotopic (exact) mass is 468 g/mol. The van der Waals surface area contributed by atoms with Crippen molar-refractivity contribution in [3.05, 3.63) is 35.4 Å². The smallest absolute Gasteiger partial charge is 0.444 e. The van der Waals surface area contributed by atoms with E-state index >= 15 is 0 Å². The number of aromatic hydroxyl groups is 4. The second-order valence-corrected chi connectivity index (χ2v) is 9.61. The van der Waals surface area contributed by atoms with Crippen molar-refractivity contribution in [3.63, 3.8) is 0 Å². The highest BCUT2D eigenvalue weighted by Crippen LogP contribution is 2.51. The van der Waals surface area contributed by atoms with Gasteiger partial charge in [-0.1, -0.05) is 12.2 Å². The molecule has 0 amide bonds. The Kier molecular flexibility index (Phi) is 4.48. The summed E-state index contributed by atoms with van der Waals surface area (Å²) < 4.78 is 0.902. The number of hydrogen-bond acceptors (Lipinski definition) is 8. The number of carbonyl (C=O) groups is 2.